The van der Waals surface area contributed by atoms with Crippen molar-refractivity contribution in [1.82, 2.24) is 14.7 Å². The first-order valence-electron chi connectivity index (χ1n) is 6.75. The van der Waals surface area contributed by atoms with Crippen LogP contribution in [0.5, 0.6) is 0 Å². The molecule has 1 amide bonds. The Labute approximate surface area is 113 Å². The highest BCUT2D eigenvalue weighted by atomic mass is 16.5. The van der Waals surface area contributed by atoms with Gasteiger partial charge in [0.1, 0.15) is 0 Å². The van der Waals surface area contributed by atoms with Crippen LogP contribution in [-0.2, 0) is 16.1 Å². The molecule has 6 heteroatoms. The van der Waals surface area contributed by atoms with Crippen LogP contribution in [0.1, 0.15) is 19.8 Å². The van der Waals surface area contributed by atoms with Gasteiger partial charge in [-0.05, 0) is 19.4 Å². The van der Waals surface area contributed by atoms with Crippen LogP contribution < -0.4 is 0 Å². The number of aliphatic hydroxyl groups excluding tert-OH is 1. The van der Waals surface area contributed by atoms with Gasteiger partial charge in [0.25, 0.3) is 0 Å². The van der Waals surface area contributed by atoms with Crippen LogP contribution in [0, 0.1) is 0 Å². The average molecular weight is 267 g/mol. The normalized spacial score (nSPS) is 22.6. The Balaban J connectivity index is 1.80. The summed E-state index contributed by atoms with van der Waals surface area (Å²) in [5.41, 5.74) is 0. The van der Waals surface area contributed by atoms with Crippen molar-refractivity contribution in [2.24, 2.45) is 0 Å². The molecule has 6 nitrogen and oxygen atoms in total. The maximum Gasteiger partial charge on any atom is 0.223 e. The minimum Gasteiger partial charge on any atom is -0.388 e. The molecular formula is C13H21N3O3. The fourth-order valence-corrected chi connectivity index (χ4v) is 2.39. The standard InChI is InChI=1S/C13H21N3O3/c1-2-16(11-9-19-10-12(11)17)13(18)5-3-7-15-8-4-6-14-15/h4,6,8,11-12,17H,2-3,5,7,9-10H2,1H3/t11-,12-/m0/s1. The third-order valence-electron chi connectivity index (χ3n) is 3.42. The minimum absolute atomic E-state index is 0.0733. The molecule has 0 bridgehead atoms. The number of nitrogens with zero attached hydrogens (tertiary/aromatic N) is 3. The van der Waals surface area contributed by atoms with Gasteiger partial charge in [0.05, 0.1) is 25.4 Å². The molecule has 1 fully saturated rings. The molecule has 2 rings (SSSR count). The summed E-state index contributed by atoms with van der Waals surface area (Å²) >= 11 is 0. The van der Waals surface area contributed by atoms with E-state index in [1.54, 1.807) is 11.1 Å². The van der Waals surface area contributed by atoms with Crippen LogP contribution in [-0.4, -0.2) is 57.6 Å². The maximum absolute atomic E-state index is 12.2. The third-order valence-corrected chi connectivity index (χ3v) is 3.42. The van der Waals surface area contributed by atoms with Crippen molar-refractivity contribution < 1.29 is 14.6 Å². The van der Waals surface area contributed by atoms with Gasteiger partial charge in [-0.3, -0.25) is 9.48 Å². The van der Waals surface area contributed by atoms with E-state index in [4.69, 9.17) is 4.74 Å². The lowest BCUT2D eigenvalue weighted by Gasteiger charge is -2.28. The molecule has 0 aromatic carbocycles. The molecule has 1 aromatic heterocycles. The summed E-state index contributed by atoms with van der Waals surface area (Å²) in [5.74, 6) is 0.0733. The van der Waals surface area contributed by atoms with Crippen molar-refractivity contribution in [3.05, 3.63) is 18.5 Å². The summed E-state index contributed by atoms with van der Waals surface area (Å²) in [6, 6.07) is 1.68. The first-order chi connectivity index (χ1) is 9.22. The lowest BCUT2D eigenvalue weighted by molar-refractivity contribution is -0.135. The Hall–Kier alpha value is -1.40. The second-order valence-electron chi connectivity index (χ2n) is 4.72. The van der Waals surface area contributed by atoms with Gasteiger partial charge in [0.2, 0.25) is 5.91 Å². The van der Waals surface area contributed by atoms with Crippen LogP contribution in [0.2, 0.25) is 0 Å². The zero-order valence-electron chi connectivity index (χ0n) is 11.2. The van der Waals surface area contributed by atoms with Gasteiger partial charge in [-0.2, -0.15) is 5.10 Å². The summed E-state index contributed by atoms with van der Waals surface area (Å²) in [5, 5.41) is 13.9. The van der Waals surface area contributed by atoms with Crippen LogP contribution in [0.15, 0.2) is 18.5 Å². The van der Waals surface area contributed by atoms with Crippen molar-refractivity contribution in [2.75, 3.05) is 19.8 Å². The van der Waals surface area contributed by atoms with E-state index in [0.717, 1.165) is 13.0 Å². The Morgan fingerprint density at radius 2 is 2.42 bits per heavy atom. The van der Waals surface area contributed by atoms with Crippen LogP contribution >= 0.6 is 0 Å². The largest absolute Gasteiger partial charge is 0.388 e. The summed E-state index contributed by atoms with van der Waals surface area (Å²) in [6.07, 6.45) is 4.27. The van der Waals surface area contributed by atoms with Crippen LogP contribution in [0.4, 0.5) is 0 Å². The van der Waals surface area contributed by atoms with Gasteiger partial charge in [-0.1, -0.05) is 0 Å². The van der Waals surface area contributed by atoms with E-state index < -0.39 is 6.10 Å². The molecule has 0 unspecified atom stereocenters. The second kappa shape index (κ2) is 6.68. The average Bonchev–Trinajstić information content (AvgIpc) is 3.03. The summed E-state index contributed by atoms with van der Waals surface area (Å²) in [7, 11) is 0. The van der Waals surface area contributed by atoms with Gasteiger partial charge >= 0.3 is 0 Å². The lowest BCUT2D eigenvalue weighted by Crippen LogP contribution is -2.46. The topological polar surface area (TPSA) is 67.6 Å². The predicted octanol–water partition coefficient (Wildman–Crippen LogP) is 0.272. The summed E-state index contributed by atoms with van der Waals surface area (Å²) < 4.78 is 7.02. The Morgan fingerprint density at radius 1 is 1.58 bits per heavy atom. The zero-order chi connectivity index (χ0) is 13.7. The van der Waals surface area contributed by atoms with Gasteiger partial charge in [-0.25, -0.2) is 0 Å². The smallest absolute Gasteiger partial charge is 0.223 e. The number of likely N-dealkylation sites (N-methyl/N-ethyl adjacent to an activating group) is 1. The molecule has 2 heterocycles. The van der Waals surface area contributed by atoms with Crippen molar-refractivity contribution >= 4 is 5.91 Å². The highest BCUT2D eigenvalue weighted by Gasteiger charge is 2.33. The summed E-state index contributed by atoms with van der Waals surface area (Å²) in [6.45, 7) is 4.02. The van der Waals surface area contributed by atoms with Crippen molar-refractivity contribution in [3.8, 4) is 0 Å². The molecule has 0 spiro atoms. The van der Waals surface area contributed by atoms with E-state index in [0.29, 0.717) is 26.2 Å². The highest BCUT2D eigenvalue weighted by molar-refractivity contribution is 5.76. The van der Waals surface area contributed by atoms with Crippen molar-refractivity contribution in [3.63, 3.8) is 0 Å². The van der Waals surface area contributed by atoms with E-state index in [-0.39, 0.29) is 11.9 Å². The number of carbonyl (C=O) groups is 1. The fraction of sp³-hybridized carbons (Fsp3) is 0.692. The number of rotatable bonds is 6. The van der Waals surface area contributed by atoms with E-state index in [2.05, 4.69) is 5.10 Å². The Bertz CT molecular complexity index is 394. The molecule has 2 atom stereocenters. The van der Waals surface area contributed by atoms with Gasteiger partial charge < -0.3 is 14.7 Å². The number of aliphatic hydroxyl groups is 1. The number of amides is 1. The van der Waals surface area contributed by atoms with Gasteiger partial charge in [0, 0.05) is 31.9 Å². The lowest BCUT2D eigenvalue weighted by atomic mass is 10.1. The number of ether oxygens (including phenoxy) is 1. The first-order valence-corrected chi connectivity index (χ1v) is 6.75. The Morgan fingerprint density at radius 3 is 3.00 bits per heavy atom. The van der Waals surface area contributed by atoms with Crippen molar-refractivity contribution in [1.29, 1.82) is 0 Å². The molecule has 0 saturated carbocycles. The molecule has 19 heavy (non-hydrogen) atoms. The third kappa shape index (κ3) is 3.54. The van der Waals surface area contributed by atoms with E-state index in [1.807, 2.05) is 23.9 Å². The maximum atomic E-state index is 12.2. The number of hydrogen-bond acceptors (Lipinski definition) is 4. The van der Waals surface area contributed by atoms with E-state index in [9.17, 15) is 9.90 Å². The molecular weight excluding hydrogens is 246 g/mol. The second-order valence-corrected chi connectivity index (χ2v) is 4.72. The van der Waals surface area contributed by atoms with E-state index >= 15 is 0 Å². The molecule has 1 aliphatic rings. The monoisotopic (exact) mass is 267 g/mol. The molecule has 106 valence electrons. The molecule has 1 aliphatic heterocycles. The Kier molecular flexibility index (Phi) is 4.93. The van der Waals surface area contributed by atoms with E-state index in [1.165, 1.54) is 0 Å². The number of aryl methyl sites for hydroxylation is 1. The van der Waals surface area contributed by atoms with Gasteiger partial charge in [-0.15, -0.1) is 0 Å². The van der Waals surface area contributed by atoms with Gasteiger partial charge in [0.15, 0.2) is 0 Å². The number of aromatic nitrogens is 2. The molecule has 1 saturated heterocycles. The number of hydrogen-bond donors (Lipinski definition) is 1. The molecule has 1 aromatic rings. The highest BCUT2D eigenvalue weighted by Crippen LogP contribution is 2.15. The first kappa shape index (κ1) is 14.0. The zero-order valence-corrected chi connectivity index (χ0v) is 11.2. The van der Waals surface area contributed by atoms with Crippen LogP contribution in [0.3, 0.4) is 0 Å². The molecule has 0 radical (unpaired) electrons. The minimum atomic E-state index is -0.560. The molecule has 1 N–H and O–H groups in total. The predicted molar refractivity (Wildman–Crippen MR) is 69.5 cm³/mol. The molecule has 0 aliphatic carbocycles. The fourth-order valence-electron chi connectivity index (χ4n) is 2.39. The van der Waals surface area contributed by atoms with Crippen LogP contribution in [0.25, 0.3) is 0 Å². The quantitative estimate of drug-likeness (QED) is 0.803. The summed E-state index contributed by atoms with van der Waals surface area (Å²) in [4.78, 5) is 13.9. The van der Waals surface area contributed by atoms with Crippen molar-refractivity contribution in [2.45, 2.75) is 38.5 Å². The number of carbonyl (C=O) groups excluding carboxylic acids is 1. The SMILES string of the molecule is CCN(C(=O)CCCn1cccn1)[C@H]1COC[C@@H]1O.